The summed E-state index contributed by atoms with van der Waals surface area (Å²) in [6.45, 7) is 2.75. The number of rotatable bonds is 10. The molecule has 0 saturated carbocycles. The van der Waals surface area contributed by atoms with Gasteiger partial charge in [-0.05, 0) is 75.4 Å². The van der Waals surface area contributed by atoms with E-state index >= 15 is 0 Å². The maximum atomic E-state index is 12.7. The third-order valence-electron chi connectivity index (χ3n) is 6.81. The van der Waals surface area contributed by atoms with Gasteiger partial charge in [-0.15, -0.1) is 0 Å². The van der Waals surface area contributed by atoms with Gasteiger partial charge in [0.05, 0.1) is 13.0 Å². The summed E-state index contributed by atoms with van der Waals surface area (Å²) in [7, 11) is 1.51. The Bertz CT molecular complexity index is 884. The van der Waals surface area contributed by atoms with Crippen molar-refractivity contribution in [3.05, 3.63) is 29.8 Å². The molecule has 2 saturated heterocycles. The quantitative estimate of drug-likeness (QED) is 0.386. The Labute approximate surface area is 205 Å². The molecule has 10 nitrogen and oxygen atoms in total. The van der Waals surface area contributed by atoms with Gasteiger partial charge in [0.1, 0.15) is 11.8 Å². The number of carboxylic acid groups (broad SMARTS) is 1. The summed E-state index contributed by atoms with van der Waals surface area (Å²) in [5, 5.41) is 17.9. The maximum Gasteiger partial charge on any atom is 0.328 e. The first-order chi connectivity index (χ1) is 16.9. The molecule has 1 aromatic rings. The third kappa shape index (κ3) is 7.95. The average molecular weight is 489 g/mol. The number of benzene rings is 1. The minimum atomic E-state index is -1.28. The number of ether oxygens (including phenoxy) is 1. The number of piperidine rings is 2. The summed E-state index contributed by atoms with van der Waals surface area (Å²) >= 11 is 0. The minimum absolute atomic E-state index is 0.0798. The van der Waals surface area contributed by atoms with Crippen LogP contribution in [0.25, 0.3) is 0 Å². The standard InChI is InChI=1S/C25H36N4O6/c1-35-20-7-5-18(6-8-20)24(32)28-21(25(33)34)15-27-23(31)19-3-2-14-29(16-19)22(30)9-4-17-10-12-26-13-11-17/h5-8,17,19,21,26H,2-4,9-16H2,1H3,(H,27,31)(H,28,32)(H,33,34)/t19-,21+/m1/s1. The number of amides is 3. The van der Waals surface area contributed by atoms with Crippen LogP contribution in [0.2, 0.25) is 0 Å². The predicted octanol–water partition coefficient (Wildman–Crippen LogP) is 1.01. The topological polar surface area (TPSA) is 137 Å². The lowest BCUT2D eigenvalue weighted by Gasteiger charge is -2.33. The van der Waals surface area contributed by atoms with Crippen molar-refractivity contribution in [2.45, 2.75) is 44.6 Å². The maximum absolute atomic E-state index is 12.7. The summed E-state index contributed by atoms with van der Waals surface area (Å²) in [6, 6.07) is 5.00. The highest BCUT2D eigenvalue weighted by Gasteiger charge is 2.30. The van der Waals surface area contributed by atoms with Crippen LogP contribution in [0, 0.1) is 11.8 Å². The fourth-order valence-electron chi connectivity index (χ4n) is 4.60. The normalized spacial score (nSPS) is 19.5. The average Bonchev–Trinajstić information content (AvgIpc) is 2.89. The zero-order valence-electron chi connectivity index (χ0n) is 20.3. The van der Waals surface area contributed by atoms with Crippen molar-refractivity contribution in [1.82, 2.24) is 20.9 Å². The van der Waals surface area contributed by atoms with E-state index in [9.17, 15) is 24.3 Å². The monoisotopic (exact) mass is 488 g/mol. The summed E-state index contributed by atoms with van der Waals surface area (Å²) < 4.78 is 5.05. The molecule has 35 heavy (non-hydrogen) atoms. The molecule has 2 fully saturated rings. The van der Waals surface area contributed by atoms with Crippen LogP contribution >= 0.6 is 0 Å². The van der Waals surface area contributed by atoms with Gasteiger partial charge in [-0.2, -0.15) is 0 Å². The Hall–Kier alpha value is -3.14. The lowest BCUT2D eigenvalue weighted by atomic mass is 9.92. The van der Waals surface area contributed by atoms with Crippen molar-refractivity contribution < 1.29 is 29.0 Å². The molecule has 0 radical (unpaired) electrons. The number of nitrogens with zero attached hydrogens (tertiary/aromatic N) is 1. The van der Waals surface area contributed by atoms with Crippen LogP contribution in [0.5, 0.6) is 5.75 Å². The van der Waals surface area contributed by atoms with Gasteiger partial charge in [0.25, 0.3) is 5.91 Å². The molecular formula is C25H36N4O6. The number of carboxylic acids is 1. The molecule has 2 aliphatic heterocycles. The van der Waals surface area contributed by atoms with Crippen molar-refractivity contribution in [2.24, 2.45) is 11.8 Å². The fourth-order valence-corrected chi connectivity index (χ4v) is 4.60. The van der Waals surface area contributed by atoms with E-state index in [-0.39, 0.29) is 23.9 Å². The molecule has 192 valence electrons. The Morgan fingerprint density at radius 1 is 1.14 bits per heavy atom. The van der Waals surface area contributed by atoms with Gasteiger partial charge in [0.2, 0.25) is 11.8 Å². The molecule has 2 atom stereocenters. The minimum Gasteiger partial charge on any atom is -0.497 e. The van der Waals surface area contributed by atoms with Crippen LogP contribution in [-0.4, -0.2) is 79.6 Å². The van der Waals surface area contributed by atoms with Crippen molar-refractivity contribution in [3.63, 3.8) is 0 Å². The highest BCUT2D eigenvalue weighted by Crippen LogP contribution is 2.21. The largest absolute Gasteiger partial charge is 0.497 e. The third-order valence-corrected chi connectivity index (χ3v) is 6.81. The number of hydrogen-bond acceptors (Lipinski definition) is 6. The van der Waals surface area contributed by atoms with Gasteiger partial charge in [-0.1, -0.05) is 0 Å². The van der Waals surface area contributed by atoms with E-state index in [4.69, 9.17) is 4.74 Å². The molecule has 0 aromatic heterocycles. The van der Waals surface area contributed by atoms with E-state index < -0.39 is 23.8 Å². The van der Waals surface area contributed by atoms with Crippen molar-refractivity contribution >= 4 is 23.7 Å². The second-order valence-electron chi connectivity index (χ2n) is 9.25. The predicted molar refractivity (Wildman–Crippen MR) is 129 cm³/mol. The Morgan fingerprint density at radius 2 is 1.86 bits per heavy atom. The lowest BCUT2D eigenvalue weighted by molar-refractivity contribution is -0.139. The van der Waals surface area contributed by atoms with E-state index in [1.807, 2.05) is 0 Å². The van der Waals surface area contributed by atoms with Crippen LogP contribution in [0.3, 0.4) is 0 Å². The van der Waals surface area contributed by atoms with Gasteiger partial charge in [-0.25, -0.2) is 4.79 Å². The summed E-state index contributed by atoms with van der Waals surface area (Å²) in [6.07, 6.45) is 4.93. The summed E-state index contributed by atoms with van der Waals surface area (Å²) in [5.74, 6) is -1.26. The number of aliphatic carboxylic acids is 1. The summed E-state index contributed by atoms with van der Waals surface area (Å²) in [5.41, 5.74) is 0.286. The molecule has 1 aromatic carbocycles. The summed E-state index contributed by atoms with van der Waals surface area (Å²) in [4.78, 5) is 51.3. The van der Waals surface area contributed by atoms with Crippen LogP contribution in [0.4, 0.5) is 0 Å². The molecule has 3 amide bonds. The molecule has 2 aliphatic rings. The Kier molecular flexibility index (Phi) is 9.89. The van der Waals surface area contributed by atoms with Gasteiger partial charge in [0, 0.05) is 31.6 Å². The molecule has 4 N–H and O–H groups in total. The van der Waals surface area contributed by atoms with E-state index in [2.05, 4.69) is 16.0 Å². The molecule has 0 unspecified atom stereocenters. The molecule has 0 aliphatic carbocycles. The van der Waals surface area contributed by atoms with Gasteiger partial charge < -0.3 is 30.7 Å². The lowest BCUT2D eigenvalue weighted by Crippen LogP contribution is -2.51. The van der Waals surface area contributed by atoms with E-state index in [0.29, 0.717) is 37.6 Å². The fraction of sp³-hybridized carbons (Fsp3) is 0.600. The zero-order chi connectivity index (χ0) is 25.2. The molecule has 2 heterocycles. The van der Waals surface area contributed by atoms with E-state index in [0.717, 1.165) is 38.8 Å². The Morgan fingerprint density at radius 3 is 2.51 bits per heavy atom. The number of likely N-dealkylation sites (tertiary alicyclic amines) is 1. The second-order valence-corrected chi connectivity index (χ2v) is 9.25. The molecular weight excluding hydrogens is 452 g/mol. The van der Waals surface area contributed by atoms with Crippen LogP contribution in [-0.2, 0) is 14.4 Å². The molecule has 0 spiro atoms. The van der Waals surface area contributed by atoms with Crippen LogP contribution < -0.4 is 20.7 Å². The molecule has 0 bridgehead atoms. The number of carbonyl (C=O) groups excluding carboxylic acids is 3. The number of methoxy groups -OCH3 is 1. The molecule has 3 rings (SSSR count). The molecule has 10 heteroatoms. The first kappa shape index (κ1) is 26.5. The number of nitrogens with one attached hydrogen (secondary N) is 3. The van der Waals surface area contributed by atoms with Crippen molar-refractivity contribution in [3.8, 4) is 5.75 Å². The van der Waals surface area contributed by atoms with Gasteiger partial charge in [0.15, 0.2) is 0 Å². The smallest absolute Gasteiger partial charge is 0.328 e. The van der Waals surface area contributed by atoms with E-state index in [1.165, 1.54) is 19.2 Å². The van der Waals surface area contributed by atoms with Gasteiger partial charge >= 0.3 is 5.97 Å². The number of hydrogen-bond donors (Lipinski definition) is 4. The van der Waals surface area contributed by atoms with Gasteiger partial charge in [-0.3, -0.25) is 14.4 Å². The van der Waals surface area contributed by atoms with Crippen molar-refractivity contribution in [2.75, 3.05) is 39.8 Å². The second kappa shape index (κ2) is 13.1. The zero-order valence-corrected chi connectivity index (χ0v) is 20.3. The number of carbonyl (C=O) groups is 4. The highest BCUT2D eigenvalue weighted by atomic mass is 16.5. The highest BCUT2D eigenvalue weighted by molar-refractivity contribution is 5.96. The van der Waals surface area contributed by atoms with E-state index in [1.54, 1.807) is 17.0 Å². The van der Waals surface area contributed by atoms with Crippen LogP contribution in [0.15, 0.2) is 24.3 Å². The van der Waals surface area contributed by atoms with Crippen LogP contribution in [0.1, 0.15) is 48.9 Å². The first-order valence-corrected chi connectivity index (χ1v) is 12.3. The Balaban J connectivity index is 1.46. The van der Waals surface area contributed by atoms with Crippen molar-refractivity contribution in [1.29, 1.82) is 0 Å². The SMILES string of the molecule is COc1ccc(C(=O)N[C@@H](CNC(=O)[C@@H]2CCCN(C(=O)CCC3CCNCC3)C2)C(=O)O)cc1. The first-order valence-electron chi connectivity index (χ1n) is 12.3.